The molecule has 0 saturated heterocycles. The maximum atomic E-state index is 15.4. The number of allylic oxidation sites excluding steroid dienone is 1. The number of ether oxygens (including phenoxy) is 6. The van der Waals surface area contributed by atoms with Crippen LogP contribution in [-0.2, 0) is 38.8 Å². The van der Waals surface area contributed by atoms with Crippen LogP contribution in [0.2, 0.25) is 0 Å². The van der Waals surface area contributed by atoms with Gasteiger partial charge in [0.15, 0.2) is 6.29 Å². The van der Waals surface area contributed by atoms with E-state index in [1.54, 1.807) is 47.4 Å². The van der Waals surface area contributed by atoms with Crippen LogP contribution in [0.25, 0.3) is 10.8 Å². The molecule has 1 heterocycles. The number of rotatable bonds is 27. The molecule has 9 rings (SSSR count). The van der Waals surface area contributed by atoms with Crippen molar-refractivity contribution in [1.29, 1.82) is 0 Å². The van der Waals surface area contributed by atoms with E-state index in [4.69, 9.17) is 38.4 Å². The van der Waals surface area contributed by atoms with E-state index in [-0.39, 0.29) is 70.1 Å². The van der Waals surface area contributed by atoms with Gasteiger partial charge in [0.2, 0.25) is 5.79 Å². The number of unbranched alkanes of at least 4 members (excludes halogenated alkanes) is 2. The molecule has 0 unspecified atom stereocenters. The number of fused-ring (bicyclic) bond motifs is 3. The maximum absolute atomic E-state index is 15.4. The number of aliphatic hydroxyl groups excluding tert-OH is 2. The van der Waals surface area contributed by atoms with Crippen LogP contribution in [0.4, 0.5) is 10.5 Å². The number of nitro groups is 1. The van der Waals surface area contributed by atoms with Crippen molar-refractivity contribution < 1.29 is 58.0 Å². The Morgan fingerprint density at radius 2 is 1.59 bits per heavy atom. The summed E-state index contributed by atoms with van der Waals surface area (Å²) in [6, 6.07) is 39.5. The number of hydrogen-bond acceptors (Lipinski definition) is 14. The molecule has 0 aromatic heterocycles. The largest absolute Gasteiger partial charge is 0.496 e. The molecule has 1 saturated carbocycles. The van der Waals surface area contributed by atoms with E-state index in [1.165, 1.54) is 19.2 Å². The lowest BCUT2D eigenvalue weighted by atomic mass is 9.55. The normalized spacial score (nSPS) is 20.5. The number of methoxy groups -OCH3 is 1. The fourth-order valence-corrected chi connectivity index (χ4v) is 11.6. The quantitative estimate of drug-likeness (QED) is 0.0163. The van der Waals surface area contributed by atoms with Crippen molar-refractivity contribution in [3.8, 4) is 23.0 Å². The standard InChI is InChI=1S/C63H67N3O13/c1-3-32-76-63-59(65(39-47-19-13-18-45-16-7-8-20-52(45)47)62(70)75-34-33-74-41-43-14-5-4-6-15-43)38-56(64-77-42-44-22-24-49(25-23-44)66(71)72)54-36-46(17-9-11-30-67)53(21-10-12-31-68)60(61(54)63)55-37-51(27-29-58(55)79-63)78-50-26-28-57(73-2)48(35-50)40-69/h3-8,13-16,18-20,22-29,35-37,40,46,53,59-61,67-68H,1,9-12,17,21,30-34,38-39,41-42H2,2H3/t46-,53+,59-,60+,61+,63+/m0/s1. The fraction of sp³-hybridized carbons (Fsp3) is 0.349. The number of aldehydes is 1. The van der Waals surface area contributed by atoms with Crippen molar-refractivity contribution in [3.63, 3.8) is 0 Å². The second-order valence-electron chi connectivity index (χ2n) is 20.0. The van der Waals surface area contributed by atoms with Crippen LogP contribution in [0, 0.1) is 27.9 Å². The van der Waals surface area contributed by atoms with Gasteiger partial charge >= 0.3 is 6.09 Å². The molecule has 2 aliphatic carbocycles. The number of aliphatic hydroxyl groups is 2. The highest BCUT2D eigenvalue weighted by Crippen LogP contribution is 2.62. The first-order valence-corrected chi connectivity index (χ1v) is 26.9. The van der Waals surface area contributed by atoms with E-state index >= 15 is 4.79 Å². The molecule has 16 nitrogen and oxygen atoms in total. The molecule has 3 aliphatic rings. The molecule has 6 aromatic carbocycles. The average molecular weight is 1070 g/mol. The minimum atomic E-state index is -1.63. The van der Waals surface area contributed by atoms with E-state index < -0.39 is 34.7 Å². The molecular formula is C63H67N3O13. The number of benzene rings is 6. The first-order chi connectivity index (χ1) is 38.7. The molecule has 0 spiro atoms. The van der Waals surface area contributed by atoms with Crippen LogP contribution in [0.15, 0.2) is 163 Å². The third-order valence-electron chi connectivity index (χ3n) is 15.2. The number of oxime groups is 1. The zero-order valence-corrected chi connectivity index (χ0v) is 44.4. The van der Waals surface area contributed by atoms with E-state index in [0.717, 1.165) is 45.9 Å². The van der Waals surface area contributed by atoms with Gasteiger partial charge in [-0.3, -0.25) is 19.8 Å². The zero-order chi connectivity index (χ0) is 55.1. The number of non-ortho nitro benzene ring substituents is 1. The molecule has 2 N–H and O–H groups in total. The predicted octanol–water partition coefficient (Wildman–Crippen LogP) is 12.1. The summed E-state index contributed by atoms with van der Waals surface area (Å²) in [7, 11) is 1.50. The van der Waals surface area contributed by atoms with Crippen LogP contribution in [0.3, 0.4) is 0 Å². The molecule has 79 heavy (non-hydrogen) atoms. The molecule has 0 radical (unpaired) electrons. The summed E-state index contributed by atoms with van der Waals surface area (Å²) >= 11 is 0. The Morgan fingerprint density at radius 1 is 0.861 bits per heavy atom. The summed E-state index contributed by atoms with van der Waals surface area (Å²) in [6.07, 6.45) is 8.07. The molecule has 1 aliphatic heterocycles. The molecule has 412 valence electrons. The van der Waals surface area contributed by atoms with Gasteiger partial charge in [0.1, 0.15) is 42.3 Å². The summed E-state index contributed by atoms with van der Waals surface area (Å²) in [5.41, 5.74) is 4.92. The monoisotopic (exact) mass is 1070 g/mol. The van der Waals surface area contributed by atoms with E-state index in [2.05, 4.69) is 12.7 Å². The van der Waals surface area contributed by atoms with Crippen LogP contribution >= 0.6 is 0 Å². The Balaban J connectivity index is 1.21. The Bertz CT molecular complexity index is 3120. The second-order valence-corrected chi connectivity index (χ2v) is 20.0. The Labute approximate surface area is 459 Å². The number of hydrogen-bond donors (Lipinski definition) is 2. The number of carbonyl (C=O) groups excluding carboxylic acids is 2. The first-order valence-electron chi connectivity index (χ1n) is 26.9. The summed E-state index contributed by atoms with van der Waals surface area (Å²) in [5.74, 6) is -1.07. The third-order valence-corrected chi connectivity index (χ3v) is 15.2. The lowest BCUT2D eigenvalue weighted by Gasteiger charge is -2.59. The topological polar surface area (TPSA) is 198 Å². The van der Waals surface area contributed by atoms with Gasteiger partial charge in [0.25, 0.3) is 5.69 Å². The molecule has 6 atom stereocenters. The highest BCUT2D eigenvalue weighted by atomic mass is 16.7. The van der Waals surface area contributed by atoms with Gasteiger partial charge in [0, 0.05) is 43.2 Å². The van der Waals surface area contributed by atoms with Crippen LogP contribution in [0.5, 0.6) is 23.0 Å². The molecule has 6 aromatic rings. The van der Waals surface area contributed by atoms with E-state index in [0.29, 0.717) is 78.4 Å². The van der Waals surface area contributed by atoms with Gasteiger partial charge in [-0.25, -0.2) is 4.79 Å². The second kappa shape index (κ2) is 26.6. The van der Waals surface area contributed by atoms with Crippen molar-refractivity contribution in [2.24, 2.45) is 22.9 Å². The molecular weight excluding hydrogens is 1010 g/mol. The van der Waals surface area contributed by atoms with Gasteiger partial charge in [-0.2, -0.15) is 0 Å². The van der Waals surface area contributed by atoms with Crippen molar-refractivity contribution >= 4 is 34.6 Å². The Morgan fingerprint density at radius 3 is 2.35 bits per heavy atom. The molecule has 1 fully saturated rings. The van der Waals surface area contributed by atoms with Gasteiger partial charge in [-0.05, 0) is 119 Å². The Kier molecular flexibility index (Phi) is 18.8. The highest BCUT2D eigenvalue weighted by molar-refractivity contribution is 6.03. The summed E-state index contributed by atoms with van der Waals surface area (Å²) in [4.78, 5) is 46.6. The lowest BCUT2D eigenvalue weighted by molar-refractivity contribution is -0.384. The van der Waals surface area contributed by atoms with E-state index in [1.807, 2.05) is 84.9 Å². The smallest absolute Gasteiger partial charge is 0.410 e. The minimum absolute atomic E-state index is 0.0132. The predicted molar refractivity (Wildman–Crippen MR) is 298 cm³/mol. The first kappa shape index (κ1) is 55.9. The van der Waals surface area contributed by atoms with Crippen LogP contribution in [-0.4, -0.2) is 90.1 Å². The molecule has 16 heteroatoms. The van der Waals surface area contributed by atoms with Crippen molar-refractivity contribution in [2.45, 2.75) is 82.5 Å². The summed E-state index contributed by atoms with van der Waals surface area (Å²) < 4.78 is 39.0. The molecule has 0 bridgehead atoms. The SMILES string of the molecule is C=CCO[C@@]12Oc3ccc(Oc4ccc(OC)c(C=O)c4)cc3[C@H]3[C@H](CCCCO)[C@@H](CCCCO)C=C(C(=NOCc4ccc([N+](=O)[O-])cc4)C[C@@H]1N(Cc1cccc4ccccc14)C(=O)OCCOCc1ccccc1)[C@H]32. The molecule has 1 amide bonds. The summed E-state index contributed by atoms with van der Waals surface area (Å²) in [5, 5.41) is 38.7. The maximum Gasteiger partial charge on any atom is 0.410 e. The number of nitrogens with zero attached hydrogens (tertiary/aromatic N) is 3. The highest BCUT2D eigenvalue weighted by Gasteiger charge is 2.66. The van der Waals surface area contributed by atoms with Crippen LogP contribution in [0.1, 0.15) is 83.5 Å². The van der Waals surface area contributed by atoms with Crippen molar-refractivity contribution in [1.82, 2.24) is 4.90 Å². The third kappa shape index (κ3) is 12.8. The van der Waals surface area contributed by atoms with Crippen molar-refractivity contribution in [3.05, 3.63) is 196 Å². The zero-order valence-electron chi connectivity index (χ0n) is 44.4. The average Bonchev–Trinajstić information content (AvgIpc) is 3.53. The lowest BCUT2D eigenvalue weighted by Crippen LogP contribution is -2.70. The number of carbonyl (C=O) groups is 2. The fourth-order valence-electron chi connectivity index (χ4n) is 11.6. The van der Waals surface area contributed by atoms with Crippen molar-refractivity contribution in [2.75, 3.05) is 40.1 Å². The van der Waals surface area contributed by atoms with Gasteiger partial charge < -0.3 is 43.5 Å². The Hall–Kier alpha value is -7.89. The number of nitro benzene ring substituents is 1. The van der Waals surface area contributed by atoms with E-state index in [9.17, 15) is 25.1 Å². The van der Waals surface area contributed by atoms with Gasteiger partial charge in [-0.1, -0.05) is 103 Å². The summed E-state index contributed by atoms with van der Waals surface area (Å²) in [6.45, 7) is 4.62. The number of amides is 1. The van der Waals surface area contributed by atoms with Gasteiger partial charge in [-0.15, -0.1) is 6.58 Å². The minimum Gasteiger partial charge on any atom is -0.496 e. The van der Waals surface area contributed by atoms with Crippen LogP contribution < -0.4 is 14.2 Å². The van der Waals surface area contributed by atoms with Gasteiger partial charge in [0.05, 0.1) is 55.6 Å².